The lowest BCUT2D eigenvalue weighted by Gasteiger charge is -2.18. The molecule has 0 saturated carbocycles. The summed E-state index contributed by atoms with van der Waals surface area (Å²) in [6.07, 6.45) is 2.97. The highest BCUT2D eigenvalue weighted by Crippen LogP contribution is 2.48. The lowest BCUT2D eigenvalue weighted by atomic mass is 10.6. The zero-order valence-corrected chi connectivity index (χ0v) is 8.67. The second kappa shape index (κ2) is 4.70. The van der Waals surface area contributed by atoms with Gasteiger partial charge in [-0.15, -0.1) is 0 Å². The lowest BCUT2D eigenvalue weighted by molar-refractivity contribution is 0.122. The van der Waals surface area contributed by atoms with E-state index < -0.39 is 13.4 Å². The Morgan fingerprint density at radius 1 is 1.64 bits per heavy atom. The van der Waals surface area contributed by atoms with Crippen LogP contribution >= 0.6 is 7.60 Å². The molecule has 1 aromatic heterocycles. The molecule has 14 heavy (non-hydrogen) atoms. The van der Waals surface area contributed by atoms with Crippen molar-refractivity contribution in [2.45, 2.75) is 12.7 Å². The molecule has 1 rings (SSSR count). The molecule has 1 aromatic rings. The summed E-state index contributed by atoms with van der Waals surface area (Å²) in [4.78, 5) is 18.1. The summed E-state index contributed by atoms with van der Waals surface area (Å²) in [6.45, 7) is 2.14. The number of nitrogens with zero attached hydrogens (tertiary/aromatic N) is 2. The van der Waals surface area contributed by atoms with Gasteiger partial charge in [0.1, 0.15) is 0 Å². The largest absolute Gasteiger partial charge is 0.379 e. The van der Waals surface area contributed by atoms with Crippen LogP contribution in [-0.4, -0.2) is 32.8 Å². The molecule has 0 amide bonds. The molecule has 2 N–H and O–H groups in total. The number of ether oxygens (including phenoxy) is 1. The molecule has 0 bridgehead atoms. The highest BCUT2D eigenvalue weighted by atomic mass is 31.2. The second-order valence-electron chi connectivity index (χ2n) is 2.72. The van der Waals surface area contributed by atoms with Crippen molar-refractivity contribution >= 4 is 7.60 Å². The van der Waals surface area contributed by atoms with Gasteiger partial charge in [0.05, 0.1) is 6.61 Å². The maximum atomic E-state index is 11.1. The van der Waals surface area contributed by atoms with E-state index in [9.17, 15) is 4.57 Å². The van der Waals surface area contributed by atoms with Crippen LogP contribution in [0.5, 0.6) is 0 Å². The molecule has 1 heterocycles. The third-order valence-corrected chi connectivity index (χ3v) is 2.85. The SMILES string of the molecule is CCOCC(n1cccn1)P(=O)(O)O. The number of hydrogen-bond donors (Lipinski definition) is 2. The Morgan fingerprint density at radius 2 is 2.36 bits per heavy atom. The average molecular weight is 220 g/mol. The standard InChI is InChI=1S/C7H13N2O4P/c1-2-13-6-7(14(10,11)12)9-5-3-4-8-9/h3-5,7H,2,6H2,1H3,(H2,10,11,12). The van der Waals surface area contributed by atoms with Gasteiger partial charge in [0.15, 0.2) is 5.78 Å². The summed E-state index contributed by atoms with van der Waals surface area (Å²) in [5, 5.41) is 3.78. The first-order chi connectivity index (χ1) is 6.55. The molecule has 0 fully saturated rings. The van der Waals surface area contributed by atoms with Crippen molar-refractivity contribution in [2.24, 2.45) is 0 Å². The first-order valence-corrected chi connectivity index (χ1v) is 5.86. The van der Waals surface area contributed by atoms with E-state index in [1.807, 2.05) is 0 Å². The van der Waals surface area contributed by atoms with Gasteiger partial charge in [-0.2, -0.15) is 5.10 Å². The predicted molar refractivity (Wildman–Crippen MR) is 49.8 cm³/mol. The molecule has 6 nitrogen and oxygen atoms in total. The van der Waals surface area contributed by atoms with Gasteiger partial charge in [-0.3, -0.25) is 9.25 Å². The van der Waals surface area contributed by atoms with Gasteiger partial charge < -0.3 is 14.5 Å². The molecular formula is C7H13N2O4P. The van der Waals surface area contributed by atoms with Gasteiger partial charge in [0.2, 0.25) is 0 Å². The van der Waals surface area contributed by atoms with E-state index in [1.165, 1.54) is 17.1 Å². The maximum Gasteiger partial charge on any atom is 0.352 e. The molecule has 0 saturated heterocycles. The average Bonchev–Trinajstić information content (AvgIpc) is 2.55. The number of hydrogen-bond acceptors (Lipinski definition) is 3. The van der Waals surface area contributed by atoms with Crippen LogP contribution in [0.2, 0.25) is 0 Å². The predicted octanol–water partition coefficient (Wildman–Crippen LogP) is 0.596. The molecule has 1 unspecified atom stereocenters. The number of rotatable bonds is 5. The van der Waals surface area contributed by atoms with Crippen LogP contribution in [0.25, 0.3) is 0 Å². The van der Waals surface area contributed by atoms with Gasteiger partial charge in [-0.05, 0) is 13.0 Å². The molecule has 0 spiro atoms. The lowest BCUT2D eigenvalue weighted by Crippen LogP contribution is -2.16. The molecule has 0 aliphatic rings. The summed E-state index contributed by atoms with van der Waals surface area (Å²) in [6, 6.07) is 1.61. The Morgan fingerprint density at radius 3 is 2.79 bits per heavy atom. The fourth-order valence-electron chi connectivity index (χ4n) is 1.01. The summed E-state index contributed by atoms with van der Waals surface area (Å²) >= 11 is 0. The number of aromatic nitrogens is 2. The molecule has 7 heteroatoms. The van der Waals surface area contributed by atoms with Crippen molar-refractivity contribution in [3.63, 3.8) is 0 Å². The van der Waals surface area contributed by atoms with Crippen molar-refractivity contribution in [1.29, 1.82) is 0 Å². The molecule has 0 aliphatic heterocycles. The van der Waals surface area contributed by atoms with Crippen LogP contribution in [-0.2, 0) is 9.30 Å². The molecular weight excluding hydrogens is 207 g/mol. The van der Waals surface area contributed by atoms with Crippen LogP contribution < -0.4 is 0 Å². The molecule has 80 valence electrons. The van der Waals surface area contributed by atoms with Gasteiger partial charge in [0.25, 0.3) is 0 Å². The molecule has 0 aromatic carbocycles. The van der Waals surface area contributed by atoms with Crippen LogP contribution in [0.3, 0.4) is 0 Å². The highest BCUT2D eigenvalue weighted by Gasteiger charge is 2.30. The fraction of sp³-hybridized carbons (Fsp3) is 0.571. The quantitative estimate of drug-likeness (QED) is 0.709. The Balaban J connectivity index is 2.78. The maximum absolute atomic E-state index is 11.1. The third-order valence-electron chi connectivity index (χ3n) is 1.69. The normalized spacial score (nSPS) is 14.2. The fourth-order valence-corrected chi connectivity index (χ4v) is 1.75. The van der Waals surface area contributed by atoms with Gasteiger partial charge >= 0.3 is 7.60 Å². The van der Waals surface area contributed by atoms with E-state index in [1.54, 1.807) is 13.0 Å². The van der Waals surface area contributed by atoms with Crippen molar-refractivity contribution in [2.75, 3.05) is 13.2 Å². The first-order valence-electron chi connectivity index (χ1n) is 4.17. The minimum absolute atomic E-state index is 0.0392. The van der Waals surface area contributed by atoms with Gasteiger partial charge in [-0.25, -0.2) is 0 Å². The van der Waals surface area contributed by atoms with Crippen molar-refractivity contribution in [1.82, 2.24) is 9.78 Å². The van der Waals surface area contributed by atoms with E-state index in [2.05, 4.69) is 5.10 Å². The monoisotopic (exact) mass is 220 g/mol. The minimum Gasteiger partial charge on any atom is -0.379 e. The smallest absolute Gasteiger partial charge is 0.352 e. The Labute approximate surface area is 81.7 Å². The first kappa shape index (κ1) is 11.4. The van der Waals surface area contributed by atoms with Crippen LogP contribution in [0, 0.1) is 0 Å². The van der Waals surface area contributed by atoms with E-state index in [0.717, 1.165) is 0 Å². The van der Waals surface area contributed by atoms with E-state index in [0.29, 0.717) is 6.61 Å². The van der Waals surface area contributed by atoms with Crippen LogP contribution in [0.4, 0.5) is 0 Å². The Bertz CT molecular complexity index is 307. The van der Waals surface area contributed by atoms with E-state index in [-0.39, 0.29) is 6.61 Å². The minimum atomic E-state index is -4.22. The second-order valence-corrected chi connectivity index (χ2v) is 4.49. The highest BCUT2D eigenvalue weighted by molar-refractivity contribution is 7.51. The van der Waals surface area contributed by atoms with Crippen molar-refractivity contribution in [3.05, 3.63) is 18.5 Å². The van der Waals surface area contributed by atoms with Crippen molar-refractivity contribution < 1.29 is 19.1 Å². The Hall–Kier alpha value is -0.680. The van der Waals surface area contributed by atoms with Gasteiger partial charge in [-0.1, -0.05) is 0 Å². The molecule has 0 radical (unpaired) electrons. The molecule has 0 aliphatic carbocycles. The Kier molecular flexibility index (Phi) is 3.83. The zero-order chi connectivity index (χ0) is 10.6. The van der Waals surface area contributed by atoms with Crippen LogP contribution in [0.15, 0.2) is 18.5 Å². The van der Waals surface area contributed by atoms with Gasteiger partial charge in [0, 0.05) is 19.0 Å². The zero-order valence-electron chi connectivity index (χ0n) is 7.78. The van der Waals surface area contributed by atoms with E-state index >= 15 is 0 Å². The third kappa shape index (κ3) is 2.92. The summed E-state index contributed by atoms with van der Waals surface area (Å²) in [5.41, 5.74) is 0. The summed E-state index contributed by atoms with van der Waals surface area (Å²) in [5.74, 6) is -1.03. The van der Waals surface area contributed by atoms with Crippen molar-refractivity contribution in [3.8, 4) is 0 Å². The van der Waals surface area contributed by atoms with E-state index in [4.69, 9.17) is 14.5 Å². The molecule has 1 atom stereocenters. The topological polar surface area (TPSA) is 84.6 Å². The summed E-state index contributed by atoms with van der Waals surface area (Å²) in [7, 11) is -4.22. The van der Waals surface area contributed by atoms with Crippen LogP contribution in [0.1, 0.15) is 12.7 Å². The summed E-state index contributed by atoms with van der Waals surface area (Å²) < 4.78 is 17.3.